The van der Waals surface area contributed by atoms with E-state index in [4.69, 9.17) is 0 Å². The fraction of sp³-hybridized carbons (Fsp3) is 0.208. The van der Waals surface area contributed by atoms with E-state index in [1.54, 1.807) is 0 Å². The lowest BCUT2D eigenvalue weighted by Gasteiger charge is -2.13. The van der Waals surface area contributed by atoms with Crippen LogP contribution in [-0.2, 0) is 6.54 Å². The van der Waals surface area contributed by atoms with Gasteiger partial charge in [0.25, 0.3) is 5.01 Å². The Morgan fingerprint density at radius 3 is 2.67 bits per heavy atom. The van der Waals surface area contributed by atoms with Crippen LogP contribution in [0, 0.1) is 0 Å². The molecule has 3 aromatic rings. The molecular weight excluding hydrogens is 348 g/mol. The molecule has 0 saturated carbocycles. The molecule has 1 N–H and O–H groups in total. The lowest BCUT2D eigenvalue weighted by molar-refractivity contribution is -0.665. The third-order valence-corrected chi connectivity index (χ3v) is 6.02. The van der Waals surface area contributed by atoms with Crippen molar-refractivity contribution in [3.8, 4) is 0 Å². The number of nitrogens with one attached hydrogen (secondary N) is 1. The minimum atomic E-state index is 0.995. The highest BCUT2D eigenvalue weighted by molar-refractivity contribution is 7.18. The summed E-state index contributed by atoms with van der Waals surface area (Å²) < 4.78 is 3.75. The molecular formula is C24H25N2S+. The van der Waals surface area contributed by atoms with Crippen molar-refractivity contribution in [3.05, 3.63) is 89.1 Å². The summed E-state index contributed by atoms with van der Waals surface area (Å²) in [6.45, 7) is 3.21. The Morgan fingerprint density at radius 1 is 1.00 bits per heavy atom. The number of fused-ring (bicyclic) bond motifs is 1. The minimum absolute atomic E-state index is 0.995. The topological polar surface area (TPSA) is 15.9 Å². The van der Waals surface area contributed by atoms with Gasteiger partial charge < -0.3 is 5.32 Å². The molecule has 1 aromatic heterocycles. The highest BCUT2D eigenvalue weighted by Gasteiger charge is 2.16. The predicted molar refractivity (Wildman–Crippen MR) is 117 cm³/mol. The first-order valence-electron chi connectivity index (χ1n) is 9.64. The van der Waals surface area contributed by atoms with Gasteiger partial charge in [0.15, 0.2) is 0 Å². The number of benzene rings is 2. The second kappa shape index (κ2) is 8.36. The largest absolute Gasteiger partial charge is 0.361 e. The molecule has 1 aliphatic carbocycles. The Bertz CT molecular complexity index is 1010. The van der Waals surface area contributed by atoms with E-state index >= 15 is 0 Å². The van der Waals surface area contributed by atoms with Crippen LogP contribution < -0.4 is 9.88 Å². The molecule has 4 rings (SSSR count). The van der Waals surface area contributed by atoms with Crippen LogP contribution in [0.4, 0.5) is 5.69 Å². The van der Waals surface area contributed by atoms with E-state index in [0.717, 1.165) is 25.1 Å². The van der Waals surface area contributed by atoms with Gasteiger partial charge in [0.1, 0.15) is 11.2 Å². The number of para-hydroxylation sites is 2. The summed E-state index contributed by atoms with van der Waals surface area (Å²) in [5.74, 6) is 0. The maximum absolute atomic E-state index is 3.41. The van der Waals surface area contributed by atoms with Gasteiger partial charge in [0, 0.05) is 24.0 Å². The number of allylic oxidation sites excluding steroid dienone is 4. The Balaban J connectivity index is 1.54. The van der Waals surface area contributed by atoms with Gasteiger partial charge in [-0.3, -0.25) is 0 Å². The van der Waals surface area contributed by atoms with Gasteiger partial charge in [0.05, 0.1) is 0 Å². The molecule has 2 nitrogen and oxygen atoms in total. The van der Waals surface area contributed by atoms with Gasteiger partial charge in [0.2, 0.25) is 5.52 Å². The standard InChI is InChI=1S/C24H24N2S/c1-2-26-22-13-6-7-14-23(22)27-24(26)16-15-19-9-8-10-20(17-19)18-25-21-11-4-3-5-12-21/h3-7,11-18H,2,8-10H2,1H3/p+1. The minimum Gasteiger partial charge on any atom is -0.361 e. The first-order valence-corrected chi connectivity index (χ1v) is 10.5. The normalized spacial score (nSPS) is 16.2. The molecule has 0 atom stereocenters. The van der Waals surface area contributed by atoms with Crippen molar-refractivity contribution >= 4 is 33.3 Å². The molecule has 0 spiro atoms. The summed E-state index contributed by atoms with van der Waals surface area (Å²) in [5, 5.41) is 4.73. The number of hydrogen-bond acceptors (Lipinski definition) is 2. The van der Waals surface area contributed by atoms with Gasteiger partial charge >= 0.3 is 0 Å². The summed E-state index contributed by atoms with van der Waals surface area (Å²) in [6.07, 6.45) is 12.6. The van der Waals surface area contributed by atoms with Crippen LogP contribution in [0.1, 0.15) is 31.2 Å². The molecule has 0 aliphatic heterocycles. The summed E-state index contributed by atoms with van der Waals surface area (Å²) in [6, 6.07) is 19.0. The zero-order chi connectivity index (χ0) is 18.5. The van der Waals surface area contributed by atoms with Crippen molar-refractivity contribution in [2.75, 3.05) is 5.32 Å². The van der Waals surface area contributed by atoms with Crippen molar-refractivity contribution in [1.29, 1.82) is 0 Å². The second-order valence-electron chi connectivity index (χ2n) is 6.79. The molecule has 3 heteroatoms. The fourth-order valence-electron chi connectivity index (χ4n) is 3.52. The van der Waals surface area contributed by atoms with Crippen LogP contribution in [-0.4, -0.2) is 0 Å². The molecule has 27 heavy (non-hydrogen) atoms. The summed E-state index contributed by atoms with van der Waals surface area (Å²) in [5.41, 5.74) is 5.23. The fourth-order valence-corrected chi connectivity index (χ4v) is 4.64. The van der Waals surface area contributed by atoms with E-state index in [-0.39, 0.29) is 0 Å². The predicted octanol–water partition coefficient (Wildman–Crippen LogP) is 6.33. The van der Waals surface area contributed by atoms with Crippen molar-refractivity contribution < 1.29 is 4.57 Å². The number of nitrogens with zero attached hydrogens (tertiary/aromatic N) is 1. The zero-order valence-corrected chi connectivity index (χ0v) is 16.5. The summed E-state index contributed by atoms with van der Waals surface area (Å²) in [4.78, 5) is 0. The van der Waals surface area contributed by atoms with Crippen molar-refractivity contribution in [3.63, 3.8) is 0 Å². The Labute approximate surface area is 165 Å². The third-order valence-electron chi connectivity index (χ3n) is 4.89. The van der Waals surface area contributed by atoms with Crippen LogP contribution in [0.15, 0.2) is 84.1 Å². The number of hydrogen-bond donors (Lipinski definition) is 1. The molecule has 0 radical (unpaired) electrons. The number of thiazole rings is 1. The Hall–Kier alpha value is -2.65. The van der Waals surface area contributed by atoms with Crippen LogP contribution in [0.5, 0.6) is 0 Å². The molecule has 0 amide bonds. The van der Waals surface area contributed by atoms with E-state index in [1.807, 2.05) is 17.4 Å². The van der Waals surface area contributed by atoms with E-state index < -0.39 is 0 Å². The highest BCUT2D eigenvalue weighted by Crippen LogP contribution is 2.26. The number of rotatable bonds is 5. The van der Waals surface area contributed by atoms with Gasteiger partial charge in [-0.05, 0) is 55.5 Å². The first-order chi connectivity index (χ1) is 13.3. The average Bonchev–Trinajstić information content (AvgIpc) is 3.09. The molecule has 2 aromatic carbocycles. The molecule has 0 unspecified atom stereocenters. The first kappa shape index (κ1) is 17.7. The van der Waals surface area contributed by atoms with Gasteiger partial charge in [-0.1, -0.05) is 53.8 Å². The summed E-state index contributed by atoms with van der Waals surface area (Å²) in [7, 11) is 0. The quantitative estimate of drug-likeness (QED) is 0.517. The molecule has 0 fully saturated rings. The second-order valence-corrected chi connectivity index (χ2v) is 7.85. The van der Waals surface area contributed by atoms with E-state index in [0.29, 0.717) is 0 Å². The van der Waals surface area contributed by atoms with Crippen molar-refractivity contribution in [2.24, 2.45) is 0 Å². The molecule has 1 heterocycles. The number of aryl methyl sites for hydroxylation is 1. The van der Waals surface area contributed by atoms with E-state index in [9.17, 15) is 0 Å². The number of aromatic nitrogens is 1. The SMILES string of the molecule is CC[n+]1c(/C=C/C2=CC(=C/Nc3ccccc3)/CCC2)sc2ccccc21. The van der Waals surface area contributed by atoms with Crippen LogP contribution in [0.2, 0.25) is 0 Å². The monoisotopic (exact) mass is 373 g/mol. The van der Waals surface area contributed by atoms with Crippen LogP contribution in [0.25, 0.3) is 16.3 Å². The maximum atomic E-state index is 3.41. The molecule has 0 saturated heterocycles. The van der Waals surface area contributed by atoms with Crippen LogP contribution in [0.3, 0.4) is 0 Å². The van der Waals surface area contributed by atoms with E-state index in [2.05, 4.69) is 89.8 Å². The zero-order valence-electron chi connectivity index (χ0n) is 15.7. The van der Waals surface area contributed by atoms with E-state index in [1.165, 1.54) is 32.8 Å². The van der Waals surface area contributed by atoms with Gasteiger partial charge in [-0.25, -0.2) is 0 Å². The van der Waals surface area contributed by atoms with Gasteiger partial charge in [-0.15, -0.1) is 0 Å². The van der Waals surface area contributed by atoms with Crippen molar-refractivity contribution in [1.82, 2.24) is 0 Å². The Morgan fingerprint density at radius 2 is 1.81 bits per heavy atom. The number of anilines is 1. The van der Waals surface area contributed by atoms with Gasteiger partial charge in [-0.2, -0.15) is 4.57 Å². The molecule has 136 valence electrons. The summed E-state index contributed by atoms with van der Waals surface area (Å²) >= 11 is 1.87. The average molecular weight is 374 g/mol. The van der Waals surface area contributed by atoms with Crippen molar-refractivity contribution in [2.45, 2.75) is 32.7 Å². The Kier molecular flexibility index (Phi) is 5.50. The lowest BCUT2D eigenvalue weighted by Crippen LogP contribution is -2.33. The van der Waals surface area contributed by atoms with Crippen LogP contribution >= 0.6 is 11.3 Å². The lowest BCUT2D eigenvalue weighted by atomic mass is 9.95. The smallest absolute Gasteiger partial charge is 0.262 e. The molecule has 0 bridgehead atoms. The highest BCUT2D eigenvalue weighted by atomic mass is 32.1. The third kappa shape index (κ3) is 4.20. The molecule has 1 aliphatic rings. The maximum Gasteiger partial charge on any atom is 0.262 e.